The number of hydrogen-bond acceptors (Lipinski definition) is 3. The number of nitrogens with zero attached hydrogens (tertiary/aromatic N) is 1. The van der Waals surface area contributed by atoms with E-state index in [4.69, 9.17) is 4.74 Å². The van der Waals surface area contributed by atoms with Gasteiger partial charge >= 0.3 is 0 Å². The van der Waals surface area contributed by atoms with Gasteiger partial charge in [-0.15, -0.1) is 0 Å². The smallest absolute Gasteiger partial charge is 0.210 e. The molecule has 0 bridgehead atoms. The van der Waals surface area contributed by atoms with Crippen LogP contribution in [0.1, 0.15) is 15.9 Å². The average Bonchev–Trinajstić information content (AvgIpc) is 2.95. The summed E-state index contributed by atoms with van der Waals surface area (Å²) in [4.78, 5) is 24.7. The van der Waals surface area contributed by atoms with E-state index in [0.29, 0.717) is 16.5 Å². The molecule has 0 N–H and O–H groups in total. The first-order chi connectivity index (χ1) is 11.6. The Balaban J connectivity index is 2.05. The van der Waals surface area contributed by atoms with Gasteiger partial charge in [0, 0.05) is 15.4 Å². The number of Topliss-reactive ketones (excluding diaryl/α,β-unsaturated/α-hetero) is 1. The highest BCUT2D eigenvalue weighted by Crippen LogP contribution is 2.30. The molecule has 1 aliphatic heterocycles. The lowest BCUT2D eigenvalue weighted by molar-refractivity contribution is 0.0959. The highest BCUT2D eigenvalue weighted by molar-refractivity contribution is 9.10. The molecule has 0 radical (unpaired) electrons. The van der Waals surface area contributed by atoms with Gasteiger partial charge in [-0.25, -0.2) is 4.39 Å². The molecule has 24 heavy (non-hydrogen) atoms. The van der Waals surface area contributed by atoms with Crippen molar-refractivity contribution in [3.05, 3.63) is 74.1 Å². The molecule has 120 valence electrons. The third-order valence-electron chi connectivity index (χ3n) is 4.09. The van der Waals surface area contributed by atoms with Crippen LogP contribution in [0.25, 0.3) is 10.9 Å². The molecule has 0 saturated heterocycles. The van der Waals surface area contributed by atoms with Crippen LogP contribution in [0.2, 0.25) is 0 Å². The minimum atomic E-state index is -0.350. The van der Waals surface area contributed by atoms with Gasteiger partial charge in [0.05, 0.1) is 12.1 Å². The summed E-state index contributed by atoms with van der Waals surface area (Å²) in [6.45, 7) is -0.00510. The Kier molecular flexibility index (Phi) is 3.49. The van der Waals surface area contributed by atoms with Gasteiger partial charge < -0.3 is 9.30 Å². The Morgan fingerprint density at radius 3 is 2.75 bits per heavy atom. The van der Waals surface area contributed by atoms with Crippen molar-refractivity contribution in [3.63, 3.8) is 0 Å². The predicted molar refractivity (Wildman–Crippen MR) is 91.2 cm³/mol. The van der Waals surface area contributed by atoms with E-state index in [2.05, 4.69) is 15.9 Å². The molecule has 6 heteroatoms. The number of ether oxygens (including phenoxy) is 1. The zero-order valence-electron chi connectivity index (χ0n) is 12.4. The molecule has 0 spiro atoms. The van der Waals surface area contributed by atoms with Crippen molar-refractivity contribution in [2.75, 3.05) is 6.61 Å². The maximum absolute atomic E-state index is 14.1. The molecular weight excluding hydrogens is 377 g/mol. The van der Waals surface area contributed by atoms with E-state index < -0.39 is 0 Å². The lowest BCUT2D eigenvalue weighted by Gasteiger charge is -2.16. The van der Waals surface area contributed by atoms with Crippen molar-refractivity contribution < 1.29 is 13.9 Å². The van der Waals surface area contributed by atoms with Crippen molar-refractivity contribution in [1.82, 2.24) is 4.57 Å². The molecule has 0 saturated carbocycles. The summed E-state index contributed by atoms with van der Waals surface area (Å²) in [5.74, 6) is -0.488. The maximum atomic E-state index is 14.1. The molecule has 2 heterocycles. The molecule has 4 nitrogen and oxygen atoms in total. The van der Waals surface area contributed by atoms with E-state index in [0.717, 1.165) is 4.47 Å². The first kappa shape index (κ1) is 15.1. The third kappa shape index (κ3) is 2.26. The molecular formula is C18H11BrFNO3. The number of benzene rings is 2. The molecule has 0 aliphatic carbocycles. The van der Waals surface area contributed by atoms with Crippen molar-refractivity contribution in [2.45, 2.75) is 6.54 Å². The maximum Gasteiger partial charge on any atom is 0.210 e. The molecule has 0 fully saturated rings. The minimum absolute atomic E-state index is 0.0427. The molecule has 2 aromatic carbocycles. The molecule has 1 aliphatic rings. The lowest BCUT2D eigenvalue weighted by atomic mass is 10.1. The number of ketones is 1. The number of hydrogen-bond donors (Lipinski definition) is 0. The van der Waals surface area contributed by atoms with Crippen LogP contribution < -0.4 is 10.2 Å². The van der Waals surface area contributed by atoms with E-state index in [1.807, 2.05) is 0 Å². The predicted octanol–water partition coefficient (Wildman–Crippen LogP) is 3.53. The SMILES string of the molecule is O=C1COc2c1c(=O)c1ccc(Br)cc1n2Cc1ccccc1F. The van der Waals surface area contributed by atoms with E-state index in [9.17, 15) is 14.0 Å². The van der Waals surface area contributed by atoms with Crippen molar-refractivity contribution in [2.24, 2.45) is 0 Å². The Bertz CT molecular complexity index is 1060. The number of aromatic nitrogens is 1. The fourth-order valence-corrected chi connectivity index (χ4v) is 3.30. The topological polar surface area (TPSA) is 48.3 Å². The van der Waals surface area contributed by atoms with Crippen LogP contribution in [0.4, 0.5) is 4.39 Å². The number of rotatable bonds is 2. The van der Waals surface area contributed by atoms with Gasteiger partial charge in [-0.3, -0.25) is 9.59 Å². The van der Waals surface area contributed by atoms with Gasteiger partial charge in [0.1, 0.15) is 11.4 Å². The van der Waals surface area contributed by atoms with E-state index >= 15 is 0 Å². The van der Waals surface area contributed by atoms with Crippen LogP contribution in [0.15, 0.2) is 51.7 Å². The molecule has 0 amide bonds. The summed E-state index contributed by atoms with van der Waals surface area (Å²) >= 11 is 3.39. The fraction of sp³-hybridized carbons (Fsp3) is 0.111. The standard InChI is InChI=1S/C18H11BrFNO3/c19-11-5-6-12-14(7-11)21(8-10-3-1-2-4-13(10)20)18-16(17(12)23)15(22)9-24-18/h1-7H,8-9H2. The van der Waals surface area contributed by atoms with Gasteiger partial charge in [0.25, 0.3) is 0 Å². The summed E-state index contributed by atoms with van der Waals surface area (Å²) in [6, 6.07) is 11.6. The quantitative estimate of drug-likeness (QED) is 0.675. The highest BCUT2D eigenvalue weighted by atomic mass is 79.9. The monoisotopic (exact) mass is 387 g/mol. The van der Waals surface area contributed by atoms with Gasteiger partial charge in [-0.2, -0.15) is 0 Å². The van der Waals surface area contributed by atoms with Crippen LogP contribution in [-0.2, 0) is 6.54 Å². The zero-order valence-corrected chi connectivity index (χ0v) is 14.0. The molecule has 0 atom stereocenters. The number of fused-ring (bicyclic) bond motifs is 2. The summed E-state index contributed by atoms with van der Waals surface area (Å²) < 4.78 is 22.0. The van der Waals surface area contributed by atoms with Gasteiger partial charge in [-0.1, -0.05) is 34.1 Å². The van der Waals surface area contributed by atoms with Crippen LogP contribution in [-0.4, -0.2) is 17.0 Å². The zero-order chi connectivity index (χ0) is 16.8. The van der Waals surface area contributed by atoms with E-state index in [1.54, 1.807) is 41.0 Å². The molecule has 4 rings (SSSR count). The molecule has 0 unspecified atom stereocenters. The van der Waals surface area contributed by atoms with E-state index in [-0.39, 0.29) is 41.6 Å². The second-order valence-corrected chi connectivity index (χ2v) is 6.48. The second kappa shape index (κ2) is 5.56. The lowest BCUT2D eigenvalue weighted by Crippen LogP contribution is -2.17. The Morgan fingerprint density at radius 1 is 1.17 bits per heavy atom. The van der Waals surface area contributed by atoms with Gasteiger partial charge in [-0.05, 0) is 24.3 Å². The minimum Gasteiger partial charge on any atom is -0.470 e. The number of halogens is 2. The van der Waals surface area contributed by atoms with Crippen LogP contribution in [0.3, 0.4) is 0 Å². The number of carbonyl (C=O) groups is 1. The summed E-state index contributed by atoms with van der Waals surface area (Å²) in [5.41, 5.74) is 0.736. The largest absolute Gasteiger partial charge is 0.470 e. The Hall–Kier alpha value is -2.47. The highest BCUT2D eigenvalue weighted by Gasteiger charge is 2.30. The normalized spacial score (nSPS) is 13.2. The fourth-order valence-electron chi connectivity index (χ4n) is 2.95. The summed E-state index contributed by atoms with van der Waals surface area (Å²) in [5, 5.41) is 0.409. The summed E-state index contributed by atoms with van der Waals surface area (Å²) in [7, 11) is 0. The Morgan fingerprint density at radius 2 is 1.96 bits per heavy atom. The third-order valence-corrected chi connectivity index (χ3v) is 4.58. The van der Waals surface area contributed by atoms with Gasteiger partial charge in [0.15, 0.2) is 6.61 Å². The first-order valence-electron chi connectivity index (χ1n) is 7.31. The van der Waals surface area contributed by atoms with Gasteiger partial charge in [0.2, 0.25) is 17.1 Å². The Labute approximate surface area is 144 Å². The summed E-state index contributed by atoms with van der Waals surface area (Å²) in [6.07, 6.45) is 0. The molecule has 3 aromatic rings. The van der Waals surface area contributed by atoms with E-state index in [1.165, 1.54) is 6.07 Å². The van der Waals surface area contributed by atoms with Crippen LogP contribution >= 0.6 is 15.9 Å². The second-order valence-electron chi connectivity index (χ2n) is 5.56. The molecule has 1 aromatic heterocycles. The number of pyridine rings is 1. The van der Waals surface area contributed by atoms with Crippen molar-refractivity contribution in [1.29, 1.82) is 0 Å². The average molecular weight is 388 g/mol. The number of carbonyl (C=O) groups excluding carboxylic acids is 1. The van der Waals surface area contributed by atoms with Crippen molar-refractivity contribution in [3.8, 4) is 5.88 Å². The first-order valence-corrected chi connectivity index (χ1v) is 8.11. The van der Waals surface area contributed by atoms with Crippen molar-refractivity contribution >= 4 is 32.6 Å². The van der Waals surface area contributed by atoms with Crippen LogP contribution in [0.5, 0.6) is 5.88 Å². The van der Waals surface area contributed by atoms with Crippen LogP contribution in [0, 0.1) is 5.82 Å².